The molecule has 6 heteroatoms. The van der Waals surface area contributed by atoms with E-state index in [2.05, 4.69) is 9.71 Å². The van der Waals surface area contributed by atoms with Gasteiger partial charge in [-0.2, -0.15) is 0 Å². The summed E-state index contributed by atoms with van der Waals surface area (Å²) in [5.41, 5.74) is 3.13. The normalized spacial score (nSPS) is 11.7. The number of anilines is 1. The SMILES string of the molecule is Cc1cc2nc(NS(=O)(=O)c3ccccc3)sc2cc1C. The largest absolute Gasteiger partial charge is 0.263 e. The molecule has 0 fully saturated rings. The van der Waals surface area contributed by atoms with Crippen molar-refractivity contribution in [1.82, 2.24) is 4.98 Å². The number of aromatic nitrogens is 1. The van der Waals surface area contributed by atoms with Gasteiger partial charge in [-0.05, 0) is 49.2 Å². The van der Waals surface area contributed by atoms with Crippen molar-refractivity contribution in [1.29, 1.82) is 0 Å². The fourth-order valence-electron chi connectivity index (χ4n) is 2.00. The van der Waals surface area contributed by atoms with E-state index in [1.54, 1.807) is 30.3 Å². The quantitative estimate of drug-likeness (QED) is 0.801. The summed E-state index contributed by atoms with van der Waals surface area (Å²) in [7, 11) is -3.58. The zero-order valence-electron chi connectivity index (χ0n) is 11.6. The lowest BCUT2D eigenvalue weighted by molar-refractivity contribution is 0.601. The number of benzene rings is 2. The van der Waals surface area contributed by atoms with Crippen molar-refractivity contribution in [3.63, 3.8) is 0 Å². The van der Waals surface area contributed by atoms with Gasteiger partial charge in [0.15, 0.2) is 5.13 Å². The molecule has 3 aromatic rings. The molecular formula is C15H14N2O2S2. The lowest BCUT2D eigenvalue weighted by Gasteiger charge is -2.03. The third-order valence-corrected chi connectivity index (χ3v) is 5.70. The molecule has 4 nitrogen and oxygen atoms in total. The van der Waals surface area contributed by atoms with E-state index in [9.17, 15) is 8.42 Å². The van der Waals surface area contributed by atoms with E-state index in [0.717, 1.165) is 15.8 Å². The van der Waals surface area contributed by atoms with Gasteiger partial charge in [-0.25, -0.2) is 13.4 Å². The minimum absolute atomic E-state index is 0.233. The summed E-state index contributed by atoms with van der Waals surface area (Å²) < 4.78 is 28.1. The zero-order valence-corrected chi connectivity index (χ0v) is 13.3. The summed E-state index contributed by atoms with van der Waals surface area (Å²) in [4.78, 5) is 4.59. The topological polar surface area (TPSA) is 59.1 Å². The smallest absolute Gasteiger partial charge is 0.255 e. The van der Waals surface area contributed by atoms with E-state index in [1.165, 1.54) is 16.9 Å². The Kier molecular flexibility index (Phi) is 3.43. The Balaban J connectivity index is 1.99. The molecule has 2 aromatic carbocycles. The summed E-state index contributed by atoms with van der Waals surface area (Å²) in [5.74, 6) is 0. The number of fused-ring (bicyclic) bond motifs is 1. The number of hydrogen-bond acceptors (Lipinski definition) is 4. The second-order valence-corrected chi connectivity index (χ2v) is 7.55. The first-order valence-electron chi connectivity index (χ1n) is 6.41. The number of hydrogen-bond donors (Lipinski definition) is 1. The first-order valence-corrected chi connectivity index (χ1v) is 8.71. The van der Waals surface area contributed by atoms with Gasteiger partial charge in [0.25, 0.3) is 10.0 Å². The molecule has 108 valence electrons. The van der Waals surface area contributed by atoms with E-state index >= 15 is 0 Å². The third-order valence-electron chi connectivity index (χ3n) is 3.28. The van der Waals surface area contributed by atoms with Crippen molar-refractivity contribution in [3.05, 3.63) is 53.6 Å². The van der Waals surface area contributed by atoms with Gasteiger partial charge in [-0.15, -0.1) is 0 Å². The molecule has 3 rings (SSSR count). The van der Waals surface area contributed by atoms with Crippen molar-refractivity contribution >= 4 is 36.7 Å². The van der Waals surface area contributed by atoms with Gasteiger partial charge < -0.3 is 0 Å². The molecular weight excluding hydrogens is 304 g/mol. The van der Waals surface area contributed by atoms with Crippen LogP contribution in [0.4, 0.5) is 5.13 Å². The lowest BCUT2D eigenvalue weighted by atomic mass is 10.1. The van der Waals surface area contributed by atoms with Crippen LogP contribution in [-0.2, 0) is 10.0 Å². The van der Waals surface area contributed by atoms with Crippen LogP contribution in [0.25, 0.3) is 10.2 Å². The fraction of sp³-hybridized carbons (Fsp3) is 0.133. The highest BCUT2D eigenvalue weighted by Crippen LogP contribution is 2.29. The van der Waals surface area contributed by atoms with Crippen LogP contribution in [0.2, 0.25) is 0 Å². The maximum Gasteiger partial charge on any atom is 0.263 e. The van der Waals surface area contributed by atoms with E-state index in [1.807, 2.05) is 26.0 Å². The molecule has 0 bridgehead atoms. The molecule has 0 saturated heterocycles. The number of nitrogens with zero attached hydrogens (tertiary/aromatic N) is 1. The first-order chi connectivity index (χ1) is 9.95. The van der Waals surface area contributed by atoms with Gasteiger partial charge in [-0.3, -0.25) is 4.72 Å². The standard InChI is InChI=1S/C15H14N2O2S2/c1-10-8-13-14(9-11(10)2)20-15(16-13)17-21(18,19)12-6-4-3-5-7-12/h3-9H,1-2H3,(H,16,17). The van der Waals surface area contributed by atoms with E-state index in [-0.39, 0.29) is 4.90 Å². The van der Waals surface area contributed by atoms with Gasteiger partial charge in [0.05, 0.1) is 15.1 Å². The molecule has 21 heavy (non-hydrogen) atoms. The molecule has 0 aliphatic rings. The second kappa shape index (κ2) is 5.13. The highest BCUT2D eigenvalue weighted by molar-refractivity contribution is 7.93. The fourth-order valence-corrected chi connectivity index (χ4v) is 4.20. The molecule has 1 aromatic heterocycles. The molecule has 0 atom stereocenters. The van der Waals surface area contributed by atoms with Crippen molar-refractivity contribution in [2.24, 2.45) is 0 Å². The average molecular weight is 318 g/mol. The highest BCUT2D eigenvalue weighted by Gasteiger charge is 2.16. The molecule has 0 spiro atoms. The zero-order chi connectivity index (χ0) is 15.0. The molecule has 0 saturated carbocycles. The Morgan fingerprint density at radius 2 is 1.71 bits per heavy atom. The third kappa shape index (κ3) is 2.77. The van der Waals surface area contributed by atoms with Crippen molar-refractivity contribution < 1.29 is 8.42 Å². The van der Waals surface area contributed by atoms with Crippen molar-refractivity contribution in [2.75, 3.05) is 4.72 Å². The lowest BCUT2D eigenvalue weighted by Crippen LogP contribution is -2.12. The number of thiazole rings is 1. The summed E-state index contributed by atoms with van der Waals surface area (Å²) in [5, 5.41) is 0.388. The molecule has 0 aliphatic carbocycles. The highest BCUT2D eigenvalue weighted by atomic mass is 32.2. The van der Waals surface area contributed by atoms with Crippen LogP contribution in [-0.4, -0.2) is 13.4 Å². The monoisotopic (exact) mass is 318 g/mol. The Morgan fingerprint density at radius 3 is 2.43 bits per heavy atom. The van der Waals surface area contributed by atoms with E-state index < -0.39 is 10.0 Å². The van der Waals surface area contributed by atoms with Crippen LogP contribution in [0.1, 0.15) is 11.1 Å². The van der Waals surface area contributed by atoms with E-state index in [0.29, 0.717) is 5.13 Å². The Hall–Kier alpha value is -1.92. The van der Waals surface area contributed by atoms with Gasteiger partial charge >= 0.3 is 0 Å². The summed E-state index contributed by atoms with van der Waals surface area (Å²) in [6, 6.07) is 12.3. The maximum absolute atomic E-state index is 12.3. The van der Waals surface area contributed by atoms with E-state index in [4.69, 9.17) is 0 Å². The summed E-state index contributed by atoms with van der Waals surface area (Å²) in [6.45, 7) is 4.05. The minimum atomic E-state index is -3.58. The minimum Gasteiger partial charge on any atom is -0.255 e. The number of nitrogens with one attached hydrogen (secondary N) is 1. The van der Waals surface area contributed by atoms with Crippen LogP contribution in [0.15, 0.2) is 47.4 Å². The molecule has 1 heterocycles. The van der Waals surface area contributed by atoms with Gasteiger partial charge in [0.1, 0.15) is 0 Å². The van der Waals surface area contributed by atoms with Crippen LogP contribution < -0.4 is 4.72 Å². The van der Waals surface area contributed by atoms with Crippen molar-refractivity contribution in [2.45, 2.75) is 18.7 Å². The summed E-state index contributed by atoms with van der Waals surface area (Å²) in [6.07, 6.45) is 0. The number of rotatable bonds is 3. The van der Waals surface area contributed by atoms with Crippen LogP contribution in [0.3, 0.4) is 0 Å². The Bertz CT molecular complexity index is 861. The van der Waals surface area contributed by atoms with Crippen LogP contribution >= 0.6 is 11.3 Å². The average Bonchev–Trinajstić information content (AvgIpc) is 2.81. The molecule has 0 radical (unpaired) electrons. The Morgan fingerprint density at radius 1 is 1.05 bits per heavy atom. The maximum atomic E-state index is 12.3. The summed E-state index contributed by atoms with van der Waals surface area (Å²) >= 11 is 1.34. The molecule has 1 N–H and O–H groups in total. The first kappa shape index (κ1) is 14.0. The molecule has 0 unspecified atom stereocenters. The number of sulfonamides is 1. The number of aryl methyl sites for hydroxylation is 2. The van der Waals surface area contributed by atoms with Gasteiger partial charge in [-0.1, -0.05) is 29.5 Å². The second-order valence-electron chi connectivity index (χ2n) is 4.84. The molecule has 0 amide bonds. The van der Waals surface area contributed by atoms with Crippen LogP contribution in [0.5, 0.6) is 0 Å². The van der Waals surface area contributed by atoms with Crippen LogP contribution in [0, 0.1) is 13.8 Å². The van der Waals surface area contributed by atoms with Crippen molar-refractivity contribution in [3.8, 4) is 0 Å². The predicted molar refractivity (Wildman–Crippen MR) is 86.3 cm³/mol. The van der Waals surface area contributed by atoms with Gasteiger partial charge in [0.2, 0.25) is 0 Å². The molecule has 0 aliphatic heterocycles. The Labute approximate surface area is 127 Å². The van der Waals surface area contributed by atoms with Gasteiger partial charge in [0, 0.05) is 0 Å². The predicted octanol–water partition coefficient (Wildman–Crippen LogP) is 3.71.